The monoisotopic (exact) mass is 115 g/mol. The number of hydrogen-bond acceptors (Lipinski definition) is 2. The standard InChI is InChI=1S/C6H13NO/c1-5-2-6(4-8)7-3-5/h5-8H,2-4H2,1H3/t5-,6?/m1/s1. The van der Waals surface area contributed by atoms with Crippen molar-refractivity contribution in [3.8, 4) is 0 Å². The van der Waals surface area contributed by atoms with Gasteiger partial charge in [0.2, 0.25) is 0 Å². The van der Waals surface area contributed by atoms with Crippen LogP contribution in [0.1, 0.15) is 13.3 Å². The SMILES string of the molecule is C[C@H]1CNC(CO)C1. The first-order valence-electron chi connectivity index (χ1n) is 3.17. The lowest BCUT2D eigenvalue weighted by Gasteiger charge is -2.02. The second-order valence-corrected chi connectivity index (χ2v) is 2.63. The largest absolute Gasteiger partial charge is 0.395 e. The zero-order valence-corrected chi connectivity index (χ0v) is 5.22. The summed E-state index contributed by atoms with van der Waals surface area (Å²) in [5.41, 5.74) is 0. The van der Waals surface area contributed by atoms with Crippen LogP contribution in [0.4, 0.5) is 0 Å². The lowest BCUT2D eigenvalue weighted by Crippen LogP contribution is -2.24. The molecule has 0 saturated carbocycles. The third-order valence-corrected chi connectivity index (χ3v) is 1.66. The number of nitrogens with one attached hydrogen (secondary N) is 1. The summed E-state index contributed by atoms with van der Waals surface area (Å²) in [5, 5.41) is 11.8. The zero-order valence-electron chi connectivity index (χ0n) is 5.22. The van der Waals surface area contributed by atoms with Gasteiger partial charge in [-0.25, -0.2) is 0 Å². The van der Waals surface area contributed by atoms with E-state index in [9.17, 15) is 0 Å². The Hall–Kier alpha value is -0.0800. The van der Waals surface area contributed by atoms with Crippen LogP contribution in [0.2, 0.25) is 0 Å². The molecule has 1 unspecified atom stereocenters. The molecule has 0 aromatic heterocycles. The van der Waals surface area contributed by atoms with Crippen molar-refractivity contribution in [3.63, 3.8) is 0 Å². The Morgan fingerprint density at radius 3 is 2.75 bits per heavy atom. The Bertz CT molecular complexity index is 74.9. The van der Waals surface area contributed by atoms with E-state index in [0.717, 1.165) is 18.9 Å². The Labute approximate surface area is 49.9 Å². The summed E-state index contributed by atoms with van der Waals surface area (Å²) in [5.74, 6) is 0.757. The number of rotatable bonds is 1. The fourth-order valence-corrected chi connectivity index (χ4v) is 1.16. The average molecular weight is 115 g/mol. The lowest BCUT2D eigenvalue weighted by atomic mass is 10.1. The molecule has 0 bridgehead atoms. The lowest BCUT2D eigenvalue weighted by molar-refractivity contribution is 0.253. The van der Waals surface area contributed by atoms with Gasteiger partial charge in [-0.05, 0) is 18.9 Å². The smallest absolute Gasteiger partial charge is 0.0584 e. The van der Waals surface area contributed by atoms with Gasteiger partial charge in [-0.1, -0.05) is 6.92 Å². The molecule has 0 aromatic rings. The highest BCUT2D eigenvalue weighted by molar-refractivity contribution is 4.77. The van der Waals surface area contributed by atoms with E-state index in [2.05, 4.69) is 12.2 Å². The molecule has 0 aliphatic carbocycles. The third kappa shape index (κ3) is 1.20. The summed E-state index contributed by atoms with van der Waals surface area (Å²) in [4.78, 5) is 0. The van der Waals surface area contributed by atoms with E-state index in [-0.39, 0.29) is 0 Å². The molecular formula is C6H13NO. The molecule has 2 nitrogen and oxygen atoms in total. The van der Waals surface area contributed by atoms with Crippen LogP contribution in [-0.4, -0.2) is 24.3 Å². The van der Waals surface area contributed by atoms with Gasteiger partial charge in [0.15, 0.2) is 0 Å². The van der Waals surface area contributed by atoms with E-state index in [1.165, 1.54) is 0 Å². The highest BCUT2D eigenvalue weighted by Crippen LogP contribution is 2.11. The summed E-state index contributed by atoms with van der Waals surface area (Å²) in [7, 11) is 0. The summed E-state index contributed by atoms with van der Waals surface area (Å²) in [6.45, 7) is 3.57. The molecule has 1 aliphatic heterocycles. The minimum atomic E-state index is 0.296. The van der Waals surface area contributed by atoms with E-state index in [4.69, 9.17) is 5.11 Å². The first-order valence-corrected chi connectivity index (χ1v) is 3.17. The van der Waals surface area contributed by atoms with Gasteiger partial charge < -0.3 is 10.4 Å². The van der Waals surface area contributed by atoms with Gasteiger partial charge in [0.05, 0.1) is 6.61 Å². The predicted octanol–water partition coefficient (Wildman–Crippen LogP) is -0.0233. The van der Waals surface area contributed by atoms with Gasteiger partial charge in [-0.3, -0.25) is 0 Å². The molecule has 2 N–H and O–H groups in total. The second kappa shape index (κ2) is 2.46. The van der Waals surface area contributed by atoms with Crippen LogP contribution in [-0.2, 0) is 0 Å². The van der Waals surface area contributed by atoms with E-state index in [1.54, 1.807) is 0 Å². The molecule has 0 aromatic carbocycles. The van der Waals surface area contributed by atoms with E-state index in [0.29, 0.717) is 12.6 Å². The normalized spacial score (nSPS) is 38.2. The maximum Gasteiger partial charge on any atom is 0.0584 e. The van der Waals surface area contributed by atoms with Crippen LogP contribution in [0.3, 0.4) is 0 Å². The molecule has 48 valence electrons. The van der Waals surface area contributed by atoms with Crippen molar-refractivity contribution in [2.45, 2.75) is 19.4 Å². The molecule has 8 heavy (non-hydrogen) atoms. The third-order valence-electron chi connectivity index (χ3n) is 1.66. The molecule has 0 spiro atoms. The van der Waals surface area contributed by atoms with Crippen LogP contribution in [0, 0.1) is 5.92 Å². The maximum atomic E-state index is 8.62. The van der Waals surface area contributed by atoms with E-state index in [1.807, 2.05) is 0 Å². The van der Waals surface area contributed by atoms with Crippen LogP contribution in [0.5, 0.6) is 0 Å². The van der Waals surface area contributed by atoms with Crippen molar-refractivity contribution in [2.75, 3.05) is 13.2 Å². The summed E-state index contributed by atoms with van der Waals surface area (Å²) < 4.78 is 0. The molecule has 0 radical (unpaired) electrons. The van der Waals surface area contributed by atoms with Gasteiger partial charge in [0.1, 0.15) is 0 Å². The second-order valence-electron chi connectivity index (χ2n) is 2.63. The topological polar surface area (TPSA) is 32.3 Å². The van der Waals surface area contributed by atoms with Crippen LogP contribution in [0.25, 0.3) is 0 Å². The Kier molecular flexibility index (Phi) is 1.86. The Morgan fingerprint density at radius 2 is 2.50 bits per heavy atom. The summed E-state index contributed by atoms with van der Waals surface area (Å²) in [6, 6.07) is 0.380. The van der Waals surface area contributed by atoms with Crippen LogP contribution < -0.4 is 5.32 Å². The van der Waals surface area contributed by atoms with Crippen LogP contribution >= 0.6 is 0 Å². The van der Waals surface area contributed by atoms with Crippen molar-refractivity contribution >= 4 is 0 Å². The zero-order chi connectivity index (χ0) is 5.98. The van der Waals surface area contributed by atoms with Crippen molar-refractivity contribution in [1.29, 1.82) is 0 Å². The average Bonchev–Trinajstić information content (AvgIpc) is 2.14. The minimum absolute atomic E-state index is 0.296. The van der Waals surface area contributed by atoms with E-state index < -0.39 is 0 Å². The van der Waals surface area contributed by atoms with Crippen molar-refractivity contribution in [1.82, 2.24) is 5.32 Å². The van der Waals surface area contributed by atoms with Crippen LogP contribution in [0.15, 0.2) is 0 Å². The molecule has 1 rings (SSSR count). The van der Waals surface area contributed by atoms with Gasteiger partial charge >= 0.3 is 0 Å². The predicted molar refractivity (Wildman–Crippen MR) is 32.7 cm³/mol. The molecule has 1 aliphatic rings. The number of aliphatic hydroxyl groups excluding tert-OH is 1. The molecule has 2 atom stereocenters. The maximum absolute atomic E-state index is 8.62. The fourth-order valence-electron chi connectivity index (χ4n) is 1.16. The van der Waals surface area contributed by atoms with Gasteiger partial charge in [0.25, 0.3) is 0 Å². The summed E-state index contributed by atoms with van der Waals surface area (Å²) in [6.07, 6.45) is 1.14. The van der Waals surface area contributed by atoms with Crippen molar-refractivity contribution < 1.29 is 5.11 Å². The van der Waals surface area contributed by atoms with Gasteiger partial charge in [0, 0.05) is 6.04 Å². The molecule has 1 heterocycles. The van der Waals surface area contributed by atoms with Crippen molar-refractivity contribution in [3.05, 3.63) is 0 Å². The molecule has 0 amide bonds. The van der Waals surface area contributed by atoms with E-state index >= 15 is 0 Å². The quantitative estimate of drug-likeness (QED) is 0.503. The highest BCUT2D eigenvalue weighted by Gasteiger charge is 2.18. The molecule has 2 heteroatoms. The van der Waals surface area contributed by atoms with Gasteiger partial charge in [-0.2, -0.15) is 0 Å². The molecular weight excluding hydrogens is 102 g/mol. The summed E-state index contributed by atoms with van der Waals surface area (Å²) >= 11 is 0. The minimum Gasteiger partial charge on any atom is -0.395 e. The van der Waals surface area contributed by atoms with Gasteiger partial charge in [-0.15, -0.1) is 0 Å². The van der Waals surface area contributed by atoms with Crippen molar-refractivity contribution in [2.24, 2.45) is 5.92 Å². The first kappa shape index (κ1) is 6.05. The first-order chi connectivity index (χ1) is 3.83. The highest BCUT2D eigenvalue weighted by atomic mass is 16.3. The molecule has 1 saturated heterocycles. The number of aliphatic hydroxyl groups is 1. The Morgan fingerprint density at radius 1 is 1.75 bits per heavy atom. The molecule has 1 fully saturated rings. The number of hydrogen-bond donors (Lipinski definition) is 2. The fraction of sp³-hybridized carbons (Fsp3) is 1.00. The Balaban J connectivity index is 2.22.